The minimum Gasteiger partial charge on any atom is -0.351 e. The van der Waals surface area contributed by atoms with E-state index < -0.39 is 0 Å². The molecular formula is C21H22N6OS. The van der Waals surface area contributed by atoms with Gasteiger partial charge < -0.3 is 15.5 Å². The van der Waals surface area contributed by atoms with Crippen LogP contribution in [0.3, 0.4) is 0 Å². The fraction of sp³-hybridized carbons (Fsp3) is 0.333. The largest absolute Gasteiger partial charge is 0.351 e. The van der Waals surface area contributed by atoms with Crippen LogP contribution in [0.2, 0.25) is 0 Å². The number of aromatic nitrogens is 3. The molecule has 2 aromatic heterocycles. The van der Waals surface area contributed by atoms with Crippen LogP contribution in [-0.2, 0) is 12.8 Å². The minimum absolute atomic E-state index is 0.110. The van der Waals surface area contributed by atoms with E-state index in [2.05, 4.69) is 16.9 Å². The van der Waals surface area contributed by atoms with E-state index in [4.69, 9.17) is 15.7 Å². The van der Waals surface area contributed by atoms with Crippen LogP contribution in [0.5, 0.6) is 0 Å². The maximum absolute atomic E-state index is 12.0. The Kier molecular flexibility index (Phi) is 4.52. The maximum atomic E-state index is 12.0. The molecule has 5 rings (SSSR count). The normalized spacial score (nSPS) is 18.9. The highest BCUT2D eigenvalue weighted by Crippen LogP contribution is 2.40. The topological polar surface area (TPSA) is 88.2 Å². The number of carbonyl (C=O) groups is 1. The first-order valence-electron chi connectivity index (χ1n) is 9.76. The zero-order chi connectivity index (χ0) is 20.0. The van der Waals surface area contributed by atoms with Crippen molar-refractivity contribution in [1.82, 2.24) is 24.8 Å². The van der Waals surface area contributed by atoms with Crippen molar-refractivity contribution in [3.63, 3.8) is 0 Å². The molecule has 3 heterocycles. The van der Waals surface area contributed by atoms with Crippen molar-refractivity contribution in [2.45, 2.75) is 18.9 Å². The molecule has 1 aliphatic heterocycles. The number of carbonyl (C=O) groups excluding carboxylic acids is 1. The average molecular weight is 407 g/mol. The molecular weight excluding hydrogens is 384 g/mol. The third-order valence-electron chi connectivity index (χ3n) is 5.61. The highest BCUT2D eigenvalue weighted by atomic mass is 32.1. The van der Waals surface area contributed by atoms with Crippen LogP contribution >= 0.6 is 11.3 Å². The molecule has 1 aliphatic carbocycles. The van der Waals surface area contributed by atoms with Crippen LogP contribution in [0.1, 0.15) is 22.3 Å². The monoisotopic (exact) mass is 406 g/mol. The van der Waals surface area contributed by atoms with Gasteiger partial charge in [0.15, 0.2) is 5.82 Å². The first kappa shape index (κ1) is 18.2. The summed E-state index contributed by atoms with van der Waals surface area (Å²) in [7, 11) is 2.06. The second-order valence-electron chi connectivity index (χ2n) is 7.57. The molecule has 8 heteroatoms. The summed E-state index contributed by atoms with van der Waals surface area (Å²) in [5.74, 6) is 0.725. The molecule has 0 spiro atoms. The van der Waals surface area contributed by atoms with E-state index in [9.17, 15) is 4.79 Å². The van der Waals surface area contributed by atoms with Gasteiger partial charge in [0, 0.05) is 31.4 Å². The molecule has 2 amide bonds. The number of primary amides is 1. The minimum atomic E-state index is -0.384. The van der Waals surface area contributed by atoms with E-state index in [0.717, 1.165) is 64.2 Å². The number of aryl methyl sites for hydroxylation is 2. The van der Waals surface area contributed by atoms with Gasteiger partial charge in [0.05, 0.1) is 22.3 Å². The number of likely N-dealkylation sites (N-methyl/N-ethyl adjacent to an activating group) is 1. The van der Waals surface area contributed by atoms with Crippen molar-refractivity contribution >= 4 is 17.4 Å². The molecule has 3 aromatic rings. The van der Waals surface area contributed by atoms with Crippen LogP contribution in [0.15, 0.2) is 36.5 Å². The van der Waals surface area contributed by atoms with Crippen molar-refractivity contribution in [3.05, 3.63) is 52.8 Å². The number of nitrogens with zero attached hydrogens (tertiary/aromatic N) is 5. The van der Waals surface area contributed by atoms with Crippen LogP contribution in [-0.4, -0.2) is 57.5 Å². The number of urea groups is 1. The molecule has 2 N–H and O–H groups in total. The zero-order valence-corrected chi connectivity index (χ0v) is 17.0. The van der Waals surface area contributed by atoms with E-state index in [0.29, 0.717) is 6.54 Å². The van der Waals surface area contributed by atoms with Gasteiger partial charge in [0.2, 0.25) is 0 Å². The van der Waals surface area contributed by atoms with Crippen LogP contribution in [0.4, 0.5) is 4.79 Å². The first-order chi connectivity index (χ1) is 14.1. The maximum Gasteiger partial charge on any atom is 0.315 e. The Morgan fingerprint density at radius 1 is 1.17 bits per heavy atom. The van der Waals surface area contributed by atoms with Crippen molar-refractivity contribution in [3.8, 4) is 22.0 Å². The zero-order valence-electron chi connectivity index (χ0n) is 16.2. The number of hydrogen-bond acceptors (Lipinski definition) is 6. The van der Waals surface area contributed by atoms with E-state index in [1.54, 1.807) is 16.2 Å². The van der Waals surface area contributed by atoms with Gasteiger partial charge in [-0.05, 0) is 25.5 Å². The van der Waals surface area contributed by atoms with Crippen molar-refractivity contribution < 1.29 is 4.79 Å². The summed E-state index contributed by atoms with van der Waals surface area (Å²) >= 11 is 1.63. The molecule has 1 aromatic carbocycles. The molecule has 1 unspecified atom stereocenters. The van der Waals surface area contributed by atoms with Gasteiger partial charge in [0.1, 0.15) is 5.01 Å². The Balaban J connectivity index is 1.55. The van der Waals surface area contributed by atoms with Gasteiger partial charge in [0.25, 0.3) is 0 Å². The average Bonchev–Trinajstić information content (AvgIpc) is 3.18. The number of rotatable bonds is 2. The second-order valence-corrected chi connectivity index (χ2v) is 8.60. The highest BCUT2D eigenvalue weighted by Gasteiger charge is 2.33. The van der Waals surface area contributed by atoms with Crippen molar-refractivity contribution in [2.75, 3.05) is 26.7 Å². The van der Waals surface area contributed by atoms with E-state index >= 15 is 0 Å². The summed E-state index contributed by atoms with van der Waals surface area (Å²) in [4.78, 5) is 31.4. The Morgan fingerprint density at radius 3 is 2.79 bits per heavy atom. The molecule has 2 aliphatic rings. The molecule has 0 bridgehead atoms. The Labute approximate surface area is 173 Å². The SMILES string of the molecule is CN1CCN(C(N)=O)C(c2nc3c(s2)-c2nc(-c4ccccc4)ncc2CC3)C1. The van der Waals surface area contributed by atoms with Crippen LogP contribution < -0.4 is 5.73 Å². The second kappa shape index (κ2) is 7.20. The highest BCUT2D eigenvalue weighted by molar-refractivity contribution is 7.15. The molecule has 1 atom stereocenters. The summed E-state index contributed by atoms with van der Waals surface area (Å²) in [6.45, 7) is 2.18. The Hall–Kier alpha value is -2.84. The van der Waals surface area contributed by atoms with Crippen molar-refractivity contribution in [1.29, 1.82) is 0 Å². The summed E-state index contributed by atoms with van der Waals surface area (Å²) < 4.78 is 0. The fourth-order valence-corrected chi connectivity index (χ4v) is 5.27. The summed E-state index contributed by atoms with van der Waals surface area (Å²) in [5, 5.41) is 0.938. The standard InChI is InChI=1S/C21H22N6OS/c1-26-9-10-27(21(22)28)16(12-26)20-24-15-8-7-14-11-23-19(13-5-3-2-4-6-13)25-17(14)18(15)29-20/h2-6,11,16H,7-10,12H2,1H3,(H2,22,28). The lowest BCUT2D eigenvalue weighted by atomic mass is 9.99. The Bertz CT molecular complexity index is 1070. The van der Waals surface area contributed by atoms with Crippen molar-refractivity contribution in [2.24, 2.45) is 5.73 Å². The smallest absolute Gasteiger partial charge is 0.315 e. The van der Waals surface area contributed by atoms with Gasteiger partial charge in [-0.15, -0.1) is 11.3 Å². The summed E-state index contributed by atoms with van der Waals surface area (Å²) in [6, 6.07) is 9.52. The fourth-order valence-electron chi connectivity index (χ4n) is 4.03. The van der Waals surface area contributed by atoms with E-state index in [1.165, 1.54) is 0 Å². The van der Waals surface area contributed by atoms with Gasteiger partial charge >= 0.3 is 6.03 Å². The molecule has 1 fully saturated rings. The van der Waals surface area contributed by atoms with Gasteiger partial charge in [-0.2, -0.15) is 0 Å². The molecule has 29 heavy (non-hydrogen) atoms. The molecule has 148 valence electrons. The van der Waals surface area contributed by atoms with Crippen LogP contribution in [0.25, 0.3) is 22.0 Å². The van der Waals surface area contributed by atoms with Crippen LogP contribution in [0, 0.1) is 0 Å². The third kappa shape index (κ3) is 3.28. The molecule has 1 saturated heterocycles. The summed E-state index contributed by atoms with van der Waals surface area (Å²) in [5.41, 5.74) is 9.84. The predicted octanol–water partition coefficient (Wildman–Crippen LogP) is 2.73. The van der Waals surface area contributed by atoms with Gasteiger partial charge in [-0.3, -0.25) is 0 Å². The van der Waals surface area contributed by atoms with E-state index in [-0.39, 0.29) is 12.1 Å². The van der Waals surface area contributed by atoms with E-state index in [1.807, 2.05) is 36.5 Å². The number of thiazole rings is 1. The number of fused-ring (bicyclic) bond motifs is 3. The first-order valence-corrected chi connectivity index (χ1v) is 10.6. The third-order valence-corrected chi connectivity index (χ3v) is 6.81. The lowest BCUT2D eigenvalue weighted by molar-refractivity contribution is 0.114. The number of nitrogens with two attached hydrogens (primary N) is 1. The lowest BCUT2D eigenvalue weighted by Crippen LogP contribution is -2.51. The molecule has 0 radical (unpaired) electrons. The van der Waals surface area contributed by atoms with Gasteiger partial charge in [-0.25, -0.2) is 19.7 Å². The number of piperazine rings is 1. The van der Waals surface area contributed by atoms with Gasteiger partial charge in [-0.1, -0.05) is 30.3 Å². The number of hydrogen-bond donors (Lipinski definition) is 1. The Morgan fingerprint density at radius 2 is 2.00 bits per heavy atom. The molecule has 7 nitrogen and oxygen atoms in total. The predicted molar refractivity (Wildman–Crippen MR) is 113 cm³/mol. The quantitative estimate of drug-likeness (QED) is 0.707. The molecule has 0 saturated carbocycles. The number of benzene rings is 1. The lowest BCUT2D eigenvalue weighted by Gasteiger charge is -2.37. The summed E-state index contributed by atoms with van der Waals surface area (Å²) in [6.07, 6.45) is 3.69. The number of amides is 2.